The molecule has 0 spiro atoms. The SMILES string of the molecule is CCN1C(=Cc2[se]c3ccc(C)cc3[n+]2CCCS(=O)(=O)O)[Se]c2ccc(OC)cc21. The maximum absolute atomic E-state index is 11.2. The fourth-order valence-electron chi connectivity index (χ4n) is 3.70. The molecule has 1 aliphatic rings. The molecular weight excluding hydrogens is 546 g/mol. The van der Waals surface area contributed by atoms with Crippen molar-refractivity contribution in [2.24, 2.45) is 0 Å². The maximum atomic E-state index is 11.2. The second kappa shape index (κ2) is 9.10. The zero-order valence-corrected chi connectivity index (χ0v) is 21.9. The van der Waals surface area contributed by atoms with Gasteiger partial charge in [0.2, 0.25) is 0 Å². The van der Waals surface area contributed by atoms with Crippen LogP contribution in [0.25, 0.3) is 15.9 Å². The van der Waals surface area contributed by atoms with Gasteiger partial charge in [0.15, 0.2) is 0 Å². The van der Waals surface area contributed by atoms with Crippen molar-refractivity contribution < 1.29 is 22.3 Å². The summed E-state index contributed by atoms with van der Waals surface area (Å²) in [6.45, 7) is 5.67. The number of rotatable bonds is 7. The number of anilines is 1. The van der Waals surface area contributed by atoms with Gasteiger partial charge >= 0.3 is 196 Å². The first-order valence-corrected chi connectivity index (χ1v) is 15.1. The van der Waals surface area contributed by atoms with Gasteiger partial charge in [0.05, 0.1) is 0 Å². The van der Waals surface area contributed by atoms with Crippen LogP contribution in [0.5, 0.6) is 5.75 Å². The molecule has 0 saturated carbocycles. The molecule has 2 aromatic carbocycles. The number of nitrogens with zero attached hydrogens (tertiary/aromatic N) is 2. The second-order valence-electron chi connectivity index (χ2n) is 7.37. The Morgan fingerprint density at radius 3 is 2.74 bits per heavy atom. The summed E-state index contributed by atoms with van der Waals surface area (Å²) in [5, 5.41) is 0. The van der Waals surface area contributed by atoms with E-state index in [0.29, 0.717) is 13.0 Å². The molecule has 4 rings (SSSR count). The van der Waals surface area contributed by atoms with Crippen molar-refractivity contribution in [3.05, 3.63) is 51.1 Å². The molecule has 0 amide bonds. The molecule has 0 bridgehead atoms. The quantitative estimate of drug-likeness (QED) is 0.267. The Labute approximate surface area is 195 Å². The van der Waals surface area contributed by atoms with E-state index >= 15 is 0 Å². The number of hydrogen-bond acceptors (Lipinski definition) is 4. The molecule has 9 heteroatoms. The standard InChI is InChI=1S/C22H24N2O4SSe2/c1-4-23-18-13-16(28-3)7-9-20(18)30-21(23)14-22-24(10-5-11-29(25,26)27)17-12-15(2)6-8-19(17)31-22/h6-9,12-14H,4-5,10-11H2,1-3H3/p+1. The summed E-state index contributed by atoms with van der Waals surface area (Å²) in [5.41, 5.74) is 3.56. The topological polar surface area (TPSA) is 70.7 Å². The predicted octanol–water partition coefficient (Wildman–Crippen LogP) is 1.95. The van der Waals surface area contributed by atoms with E-state index < -0.39 is 10.1 Å². The van der Waals surface area contributed by atoms with E-state index in [9.17, 15) is 8.42 Å². The Morgan fingerprint density at radius 1 is 1.23 bits per heavy atom. The van der Waals surface area contributed by atoms with Crippen molar-refractivity contribution in [2.45, 2.75) is 26.8 Å². The van der Waals surface area contributed by atoms with Gasteiger partial charge in [0, 0.05) is 0 Å². The summed E-state index contributed by atoms with van der Waals surface area (Å²) in [7, 11) is -2.27. The first-order chi connectivity index (χ1) is 14.8. The van der Waals surface area contributed by atoms with Crippen LogP contribution in [0.3, 0.4) is 0 Å². The van der Waals surface area contributed by atoms with Crippen LogP contribution in [-0.4, -0.2) is 61.8 Å². The van der Waals surface area contributed by atoms with E-state index in [0.717, 1.165) is 17.8 Å². The van der Waals surface area contributed by atoms with Crippen molar-refractivity contribution in [1.82, 2.24) is 0 Å². The third-order valence-corrected chi connectivity index (χ3v) is 10.6. The van der Waals surface area contributed by atoms with Crippen molar-refractivity contribution in [1.29, 1.82) is 0 Å². The van der Waals surface area contributed by atoms with Crippen LogP contribution in [0.4, 0.5) is 5.69 Å². The molecule has 1 aromatic heterocycles. The molecule has 3 aromatic rings. The molecule has 0 unspecified atom stereocenters. The third-order valence-electron chi connectivity index (χ3n) is 5.17. The molecule has 31 heavy (non-hydrogen) atoms. The molecule has 0 radical (unpaired) electrons. The van der Waals surface area contributed by atoms with Gasteiger partial charge in [-0.3, -0.25) is 0 Å². The molecular formula is C22H25N2O4SSe2+. The number of ether oxygens (including phenoxy) is 1. The van der Waals surface area contributed by atoms with Crippen LogP contribution in [0.2, 0.25) is 0 Å². The van der Waals surface area contributed by atoms with E-state index in [1.165, 1.54) is 29.1 Å². The van der Waals surface area contributed by atoms with Crippen molar-refractivity contribution >= 4 is 65.6 Å². The summed E-state index contributed by atoms with van der Waals surface area (Å²) >= 11 is 0.349. The second-order valence-corrected chi connectivity index (χ2v) is 13.4. The predicted molar refractivity (Wildman–Crippen MR) is 126 cm³/mol. The number of aryl methyl sites for hydroxylation is 2. The Morgan fingerprint density at radius 2 is 2.03 bits per heavy atom. The van der Waals surface area contributed by atoms with Gasteiger partial charge < -0.3 is 0 Å². The van der Waals surface area contributed by atoms with Gasteiger partial charge in [-0.15, -0.1) is 0 Å². The summed E-state index contributed by atoms with van der Waals surface area (Å²) in [6.07, 6.45) is 2.69. The molecule has 1 N–H and O–H groups in total. The van der Waals surface area contributed by atoms with Crippen LogP contribution in [0.1, 0.15) is 23.5 Å². The normalized spacial score (nSPS) is 15.1. The van der Waals surface area contributed by atoms with Crippen LogP contribution in [0, 0.1) is 6.92 Å². The molecule has 6 nitrogen and oxygen atoms in total. The zero-order chi connectivity index (χ0) is 22.2. The number of fused-ring (bicyclic) bond motifs is 2. The van der Waals surface area contributed by atoms with Gasteiger partial charge in [-0.2, -0.15) is 0 Å². The van der Waals surface area contributed by atoms with Crippen LogP contribution in [-0.2, 0) is 16.7 Å². The first kappa shape index (κ1) is 22.6. The minimum atomic E-state index is -3.96. The molecule has 2 heterocycles. The van der Waals surface area contributed by atoms with Crippen LogP contribution >= 0.6 is 0 Å². The Balaban J connectivity index is 1.74. The summed E-state index contributed by atoms with van der Waals surface area (Å²) in [4.78, 5) is 2.35. The van der Waals surface area contributed by atoms with E-state index in [1.54, 1.807) is 7.11 Å². The fraction of sp³-hybridized carbons (Fsp3) is 0.318. The number of benzene rings is 2. The van der Waals surface area contributed by atoms with Gasteiger partial charge in [0.25, 0.3) is 0 Å². The van der Waals surface area contributed by atoms with E-state index in [1.807, 2.05) is 6.07 Å². The molecule has 0 saturated heterocycles. The Hall–Kier alpha value is -1.60. The minimum absolute atomic E-state index is 0.149. The average molecular weight is 571 g/mol. The average Bonchev–Trinajstić information content (AvgIpc) is 3.23. The number of methoxy groups -OCH3 is 1. The molecule has 0 fully saturated rings. The van der Waals surface area contributed by atoms with Crippen LogP contribution < -0.4 is 18.7 Å². The van der Waals surface area contributed by atoms with Crippen molar-refractivity contribution in [2.75, 3.05) is 24.3 Å². The van der Waals surface area contributed by atoms with Gasteiger partial charge in [-0.25, -0.2) is 0 Å². The van der Waals surface area contributed by atoms with E-state index in [2.05, 4.69) is 59.7 Å². The molecule has 164 valence electrons. The Kier molecular flexibility index (Phi) is 6.63. The molecule has 0 atom stereocenters. The fourth-order valence-corrected chi connectivity index (χ4v) is 9.29. The monoisotopic (exact) mass is 573 g/mol. The van der Waals surface area contributed by atoms with E-state index in [-0.39, 0.29) is 35.2 Å². The van der Waals surface area contributed by atoms with Crippen LogP contribution in [0.15, 0.2) is 41.0 Å². The van der Waals surface area contributed by atoms with Gasteiger partial charge in [-0.1, -0.05) is 0 Å². The van der Waals surface area contributed by atoms with Crippen molar-refractivity contribution in [3.8, 4) is 5.75 Å². The first-order valence-electron chi connectivity index (χ1n) is 10.0. The van der Waals surface area contributed by atoms with Gasteiger partial charge in [0.1, 0.15) is 0 Å². The summed E-state index contributed by atoms with van der Waals surface area (Å²) in [5.74, 6) is 0.638. The van der Waals surface area contributed by atoms with Crippen molar-refractivity contribution in [3.63, 3.8) is 0 Å². The Bertz CT molecular complexity index is 1270. The summed E-state index contributed by atoms with van der Waals surface area (Å²) < 4.78 is 44.5. The molecule has 0 aliphatic carbocycles. The summed E-state index contributed by atoms with van der Waals surface area (Å²) in [6, 6.07) is 12.8. The van der Waals surface area contributed by atoms with E-state index in [4.69, 9.17) is 9.29 Å². The number of aromatic nitrogens is 1. The van der Waals surface area contributed by atoms with Gasteiger partial charge in [-0.05, 0) is 0 Å². The third kappa shape index (κ3) is 4.92. The molecule has 1 aliphatic heterocycles. The zero-order valence-electron chi connectivity index (χ0n) is 17.7. The number of hydrogen-bond donors (Lipinski definition) is 1.